The number of rotatable bonds is 3. The van der Waals surface area contributed by atoms with Gasteiger partial charge >= 0.3 is 0 Å². The van der Waals surface area contributed by atoms with E-state index in [1.165, 1.54) is 0 Å². The van der Waals surface area contributed by atoms with E-state index in [4.69, 9.17) is 23.2 Å². The molecule has 0 aliphatic heterocycles. The van der Waals surface area contributed by atoms with Crippen molar-refractivity contribution in [1.82, 2.24) is 9.97 Å². The average molecular weight is 279 g/mol. The Morgan fingerprint density at radius 2 is 1.83 bits per heavy atom. The number of allylic oxidation sites excluding steroid dienone is 1. The predicted molar refractivity (Wildman–Crippen MR) is 76.1 cm³/mol. The third kappa shape index (κ3) is 2.71. The zero-order chi connectivity index (χ0) is 13.1. The highest BCUT2D eigenvalue weighted by Crippen LogP contribution is 2.23. The lowest BCUT2D eigenvalue weighted by molar-refractivity contribution is 1.04. The predicted octanol–water partition coefficient (Wildman–Crippen LogP) is 4.49. The van der Waals surface area contributed by atoms with Crippen LogP contribution < -0.4 is 0 Å². The maximum absolute atomic E-state index is 6.17. The number of nitrogens with zero attached hydrogens (tertiary/aromatic N) is 2. The van der Waals surface area contributed by atoms with E-state index in [1.54, 1.807) is 18.2 Å². The lowest BCUT2D eigenvalue weighted by Gasteiger charge is -2.08. The SMILES string of the molecule is C=CCc1c(C)nc(-c2ccc(Cl)cc2)nc1Cl. The van der Waals surface area contributed by atoms with Crippen LogP contribution in [0.1, 0.15) is 11.3 Å². The van der Waals surface area contributed by atoms with E-state index in [9.17, 15) is 0 Å². The average Bonchev–Trinajstić information content (AvgIpc) is 2.34. The molecule has 2 nitrogen and oxygen atoms in total. The van der Waals surface area contributed by atoms with Crippen molar-refractivity contribution in [1.29, 1.82) is 0 Å². The first-order chi connectivity index (χ1) is 8.61. The van der Waals surface area contributed by atoms with Crippen molar-refractivity contribution in [2.24, 2.45) is 0 Å². The Hall–Kier alpha value is -1.38. The fourth-order valence-electron chi connectivity index (χ4n) is 1.67. The maximum Gasteiger partial charge on any atom is 0.161 e. The highest BCUT2D eigenvalue weighted by Gasteiger charge is 2.10. The first-order valence-electron chi connectivity index (χ1n) is 5.51. The molecule has 0 unspecified atom stereocenters. The highest BCUT2D eigenvalue weighted by atomic mass is 35.5. The Balaban J connectivity index is 2.47. The molecule has 0 amide bonds. The summed E-state index contributed by atoms with van der Waals surface area (Å²) in [6.45, 7) is 5.62. The number of hydrogen-bond donors (Lipinski definition) is 0. The van der Waals surface area contributed by atoms with Crippen LogP contribution in [0, 0.1) is 6.92 Å². The molecule has 1 heterocycles. The zero-order valence-corrected chi connectivity index (χ0v) is 11.5. The van der Waals surface area contributed by atoms with Crippen molar-refractivity contribution in [3.8, 4) is 11.4 Å². The summed E-state index contributed by atoms with van der Waals surface area (Å²) in [4.78, 5) is 8.78. The van der Waals surface area contributed by atoms with Gasteiger partial charge in [0.25, 0.3) is 0 Å². The first-order valence-corrected chi connectivity index (χ1v) is 6.27. The maximum atomic E-state index is 6.17. The van der Waals surface area contributed by atoms with E-state index in [0.29, 0.717) is 22.4 Å². The molecule has 0 saturated heterocycles. The van der Waals surface area contributed by atoms with E-state index in [-0.39, 0.29) is 0 Å². The van der Waals surface area contributed by atoms with E-state index in [1.807, 2.05) is 19.1 Å². The third-order valence-corrected chi connectivity index (χ3v) is 3.18. The van der Waals surface area contributed by atoms with Crippen LogP contribution in [-0.4, -0.2) is 9.97 Å². The molecular formula is C14H12Cl2N2. The molecule has 0 atom stereocenters. The Morgan fingerprint density at radius 3 is 2.39 bits per heavy atom. The van der Waals surface area contributed by atoms with Crippen LogP contribution in [0.4, 0.5) is 0 Å². The van der Waals surface area contributed by atoms with Gasteiger partial charge in [-0.2, -0.15) is 0 Å². The highest BCUT2D eigenvalue weighted by molar-refractivity contribution is 6.30. The molecule has 0 radical (unpaired) electrons. The minimum absolute atomic E-state index is 0.479. The lowest BCUT2D eigenvalue weighted by atomic mass is 10.1. The summed E-state index contributed by atoms with van der Waals surface area (Å²) in [5, 5.41) is 1.16. The molecule has 0 N–H and O–H groups in total. The number of halogens is 2. The van der Waals surface area contributed by atoms with Crippen LogP contribution in [0.15, 0.2) is 36.9 Å². The summed E-state index contributed by atoms with van der Waals surface area (Å²) < 4.78 is 0. The van der Waals surface area contributed by atoms with E-state index in [2.05, 4.69) is 16.5 Å². The van der Waals surface area contributed by atoms with Gasteiger partial charge < -0.3 is 0 Å². The van der Waals surface area contributed by atoms with Crippen LogP contribution in [-0.2, 0) is 6.42 Å². The van der Waals surface area contributed by atoms with Gasteiger partial charge in [-0.3, -0.25) is 0 Å². The summed E-state index contributed by atoms with van der Waals surface area (Å²) in [7, 11) is 0. The third-order valence-electron chi connectivity index (χ3n) is 2.61. The second-order valence-electron chi connectivity index (χ2n) is 3.90. The molecule has 0 aliphatic carbocycles. The molecule has 1 aromatic heterocycles. The monoisotopic (exact) mass is 278 g/mol. The van der Waals surface area contributed by atoms with Crippen molar-refractivity contribution in [2.45, 2.75) is 13.3 Å². The van der Waals surface area contributed by atoms with Crippen molar-refractivity contribution < 1.29 is 0 Å². The van der Waals surface area contributed by atoms with Crippen LogP contribution in [0.3, 0.4) is 0 Å². The van der Waals surface area contributed by atoms with Gasteiger partial charge in [-0.05, 0) is 37.6 Å². The first kappa shape index (κ1) is 13.1. The molecule has 2 aromatic rings. The summed E-state index contributed by atoms with van der Waals surface area (Å²) in [6, 6.07) is 7.36. The molecule has 18 heavy (non-hydrogen) atoms. The summed E-state index contributed by atoms with van der Waals surface area (Å²) in [6.07, 6.45) is 2.46. The quantitative estimate of drug-likeness (QED) is 0.611. The fraction of sp³-hybridized carbons (Fsp3) is 0.143. The number of aromatic nitrogens is 2. The molecule has 0 saturated carbocycles. The Labute approximate surface area is 116 Å². The smallest absolute Gasteiger partial charge is 0.161 e. The topological polar surface area (TPSA) is 25.8 Å². The Bertz CT molecular complexity index is 554. The van der Waals surface area contributed by atoms with Crippen molar-refractivity contribution in [3.05, 3.63) is 58.4 Å². The lowest BCUT2D eigenvalue weighted by Crippen LogP contribution is -1.99. The summed E-state index contributed by atoms with van der Waals surface area (Å²) in [5.41, 5.74) is 2.69. The second kappa shape index (κ2) is 5.51. The van der Waals surface area contributed by atoms with Gasteiger partial charge in [0.2, 0.25) is 0 Å². The number of aryl methyl sites for hydroxylation is 1. The van der Waals surface area contributed by atoms with Crippen LogP contribution in [0.25, 0.3) is 11.4 Å². The molecule has 92 valence electrons. The van der Waals surface area contributed by atoms with Gasteiger partial charge in [-0.15, -0.1) is 6.58 Å². The Morgan fingerprint density at radius 1 is 1.17 bits per heavy atom. The van der Waals surface area contributed by atoms with Crippen molar-refractivity contribution >= 4 is 23.2 Å². The summed E-state index contributed by atoms with van der Waals surface area (Å²) >= 11 is 12.0. The minimum Gasteiger partial charge on any atom is -0.233 e. The molecule has 0 bridgehead atoms. The largest absolute Gasteiger partial charge is 0.233 e. The number of benzene rings is 1. The van der Waals surface area contributed by atoms with Gasteiger partial charge in [0.05, 0.1) is 0 Å². The molecule has 2 rings (SSSR count). The van der Waals surface area contributed by atoms with E-state index < -0.39 is 0 Å². The zero-order valence-electron chi connectivity index (χ0n) is 9.95. The van der Waals surface area contributed by atoms with Crippen molar-refractivity contribution in [3.63, 3.8) is 0 Å². The van der Waals surface area contributed by atoms with Gasteiger partial charge in [-0.25, -0.2) is 9.97 Å². The molecule has 4 heteroatoms. The van der Waals surface area contributed by atoms with Crippen LogP contribution in [0.2, 0.25) is 10.2 Å². The molecule has 0 fully saturated rings. The summed E-state index contributed by atoms with van der Waals surface area (Å²) in [5.74, 6) is 0.613. The van der Waals surface area contributed by atoms with Crippen LogP contribution >= 0.6 is 23.2 Å². The minimum atomic E-state index is 0.479. The van der Waals surface area contributed by atoms with Gasteiger partial charge in [0.1, 0.15) is 5.15 Å². The fourth-order valence-corrected chi connectivity index (χ4v) is 2.09. The number of hydrogen-bond acceptors (Lipinski definition) is 2. The van der Waals surface area contributed by atoms with E-state index in [0.717, 1.165) is 16.8 Å². The van der Waals surface area contributed by atoms with Crippen molar-refractivity contribution in [2.75, 3.05) is 0 Å². The standard InChI is InChI=1S/C14H12Cl2N2/c1-3-4-12-9(2)17-14(18-13(12)16)10-5-7-11(15)8-6-10/h3,5-8H,1,4H2,2H3. The molecule has 0 spiro atoms. The normalized spacial score (nSPS) is 10.4. The Kier molecular flexibility index (Phi) is 4.00. The van der Waals surface area contributed by atoms with Gasteiger partial charge in [0, 0.05) is 21.8 Å². The molecule has 0 aliphatic rings. The van der Waals surface area contributed by atoms with Gasteiger partial charge in [0.15, 0.2) is 5.82 Å². The van der Waals surface area contributed by atoms with Gasteiger partial charge in [-0.1, -0.05) is 29.3 Å². The van der Waals surface area contributed by atoms with Crippen LogP contribution in [0.5, 0.6) is 0 Å². The second-order valence-corrected chi connectivity index (χ2v) is 4.70. The molecular weight excluding hydrogens is 267 g/mol. The van der Waals surface area contributed by atoms with E-state index >= 15 is 0 Å². The molecule has 1 aromatic carbocycles.